The Bertz CT molecular complexity index is 457. The van der Waals surface area contributed by atoms with Gasteiger partial charge in [0.2, 0.25) is 0 Å². The second-order valence-electron chi connectivity index (χ2n) is 4.18. The summed E-state index contributed by atoms with van der Waals surface area (Å²) in [6.07, 6.45) is 0.611. The number of nitrogens with one attached hydrogen (secondary N) is 1. The van der Waals surface area contributed by atoms with Crippen molar-refractivity contribution >= 4 is 9.84 Å². The summed E-state index contributed by atoms with van der Waals surface area (Å²) in [7, 11) is -1.51. The molecule has 1 aromatic carbocycles. The van der Waals surface area contributed by atoms with Gasteiger partial charge in [-0.05, 0) is 31.5 Å². The molecule has 18 heavy (non-hydrogen) atoms. The first-order valence-corrected chi connectivity index (χ1v) is 7.71. The summed E-state index contributed by atoms with van der Waals surface area (Å²) in [4.78, 5) is 0.446. The molecule has 0 atom stereocenters. The van der Waals surface area contributed by atoms with Crippen LogP contribution in [0.2, 0.25) is 0 Å². The van der Waals surface area contributed by atoms with E-state index >= 15 is 0 Å². The van der Waals surface area contributed by atoms with Crippen molar-refractivity contribution in [1.29, 1.82) is 0 Å². The molecule has 0 unspecified atom stereocenters. The van der Waals surface area contributed by atoms with Gasteiger partial charge in [-0.15, -0.1) is 0 Å². The molecule has 0 saturated carbocycles. The number of benzene rings is 1. The molecule has 102 valence electrons. The van der Waals surface area contributed by atoms with Crippen LogP contribution in [0.5, 0.6) is 0 Å². The molecule has 4 nitrogen and oxygen atoms in total. The van der Waals surface area contributed by atoms with E-state index in [-0.39, 0.29) is 5.75 Å². The van der Waals surface area contributed by atoms with Crippen molar-refractivity contribution in [3.8, 4) is 0 Å². The Morgan fingerprint density at radius 2 is 1.94 bits per heavy atom. The molecule has 0 heterocycles. The lowest BCUT2D eigenvalue weighted by Gasteiger charge is -2.08. The lowest BCUT2D eigenvalue weighted by Crippen LogP contribution is -2.22. The minimum Gasteiger partial charge on any atom is -0.383 e. The molecule has 0 aromatic heterocycles. The third-order valence-electron chi connectivity index (χ3n) is 2.68. The van der Waals surface area contributed by atoms with E-state index in [9.17, 15) is 8.42 Å². The van der Waals surface area contributed by atoms with Crippen molar-refractivity contribution in [2.45, 2.75) is 18.2 Å². The summed E-state index contributed by atoms with van der Waals surface area (Å²) in [5, 5.41) is 3.14. The van der Waals surface area contributed by atoms with Crippen LogP contribution in [0.3, 0.4) is 0 Å². The lowest BCUT2D eigenvalue weighted by molar-refractivity contribution is 0.199. The summed E-state index contributed by atoms with van der Waals surface area (Å²) in [5.41, 5.74) is 0.810. The molecule has 0 radical (unpaired) electrons. The minimum absolute atomic E-state index is 0.178. The SMILES string of the molecule is COCCNCCCS(=O)(=O)c1ccccc1C. The second kappa shape index (κ2) is 7.51. The van der Waals surface area contributed by atoms with Crippen molar-refractivity contribution in [3.63, 3.8) is 0 Å². The number of hydrogen-bond donors (Lipinski definition) is 1. The van der Waals surface area contributed by atoms with Crippen molar-refractivity contribution in [1.82, 2.24) is 5.32 Å². The predicted molar refractivity (Wildman–Crippen MR) is 72.6 cm³/mol. The normalized spacial score (nSPS) is 11.7. The molecule has 0 aliphatic rings. The van der Waals surface area contributed by atoms with Crippen molar-refractivity contribution in [2.24, 2.45) is 0 Å². The van der Waals surface area contributed by atoms with Gasteiger partial charge in [0.05, 0.1) is 17.3 Å². The summed E-state index contributed by atoms with van der Waals surface area (Å²) in [6, 6.07) is 7.10. The molecule has 0 amide bonds. The molecule has 0 aliphatic carbocycles. The predicted octanol–water partition coefficient (Wildman–Crippen LogP) is 1.39. The van der Waals surface area contributed by atoms with Gasteiger partial charge in [0, 0.05) is 13.7 Å². The monoisotopic (exact) mass is 271 g/mol. The van der Waals surface area contributed by atoms with Gasteiger partial charge in [-0.2, -0.15) is 0 Å². The van der Waals surface area contributed by atoms with Crippen LogP contribution in [-0.4, -0.2) is 41.0 Å². The standard InChI is InChI=1S/C13H21NO3S/c1-12-6-3-4-7-13(12)18(15,16)11-5-8-14-9-10-17-2/h3-4,6-7,14H,5,8-11H2,1-2H3. The number of rotatable bonds is 8. The highest BCUT2D eigenvalue weighted by Crippen LogP contribution is 2.16. The molecular formula is C13H21NO3S. The van der Waals surface area contributed by atoms with Gasteiger partial charge in [-0.1, -0.05) is 18.2 Å². The molecule has 0 aliphatic heterocycles. The number of hydrogen-bond acceptors (Lipinski definition) is 4. The maximum Gasteiger partial charge on any atom is 0.178 e. The maximum absolute atomic E-state index is 12.1. The average molecular weight is 271 g/mol. The van der Waals surface area contributed by atoms with Crippen LogP contribution < -0.4 is 5.32 Å². The van der Waals surface area contributed by atoms with E-state index in [0.717, 1.165) is 12.1 Å². The van der Waals surface area contributed by atoms with Crippen LogP contribution in [0.25, 0.3) is 0 Å². The van der Waals surface area contributed by atoms with Crippen molar-refractivity contribution < 1.29 is 13.2 Å². The van der Waals surface area contributed by atoms with E-state index in [2.05, 4.69) is 5.32 Å². The number of aryl methyl sites for hydroxylation is 1. The smallest absolute Gasteiger partial charge is 0.178 e. The Morgan fingerprint density at radius 3 is 2.61 bits per heavy atom. The highest BCUT2D eigenvalue weighted by atomic mass is 32.2. The van der Waals surface area contributed by atoms with Crippen molar-refractivity contribution in [3.05, 3.63) is 29.8 Å². The Hall–Kier alpha value is -0.910. The van der Waals surface area contributed by atoms with E-state index < -0.39 is 9.84 Å². The van der Waals surface area contributed by atoms with E-state index in [4.69, 9.17) is 4.74 Å². The third kappa shape index (κ3) is 4.76. The first kappa shape index (κ1) is 15.1. The van der Waals surface area contributed by atoms with Crippen molar-refractivity contribution in [2.75, 3.05) is 32.6 Å². The molecular weight excluding hydrogens is 250 g/mol. The highest BCUT2D eigenvalue weighted by Gasteiger charge is 2.15. The number of methoxy groups -OCH3 is 1. The Labute approximate surface area is 109 Å². The third-order valence-corrected chi connectivity index (χ3v) is 4.63. The van der Waals surface area contributed by atoms with E-state index in [1.165, 1.54) is 0 Å². The van der Waals surface area contributed by atoms with Crippen LogP contribution >= 0.6 is 0 Å². The molecule has 0 saturated heterocycles. The van der Waals surface area contributed by atoms with Crippen LogP contribution in [0, 0.1) is 6.92 Å². The zero-order valence-electron chi connectivity index (χ0n) is 11.0. The average Bonchev–Trinajstić information content (AvgIpc) is 2.34. The van der Waals surface area contributed by atoms with E-state index in [0.29, 0.717) is 24.5 Å². The lowest BCUT2D eigenvalue weighted by atomic mass is 10.2. The van der Waals surface area contributed by atoms with Gasteiger partial charge >= 0.3 is 0 Å². The number of ether oxygens (including phenoxy) is 1. The summed E-state index contributed by atoms with van der Waals surface area (Å²) in [6.45, 7) is 3.91. The van der Waals surface area contributed by atoms with Gasteiger partial charge < -0.3 is 10.1 Å². The summed E-state index contributed by atoms with van der Waals surface area (Å²) >= 11 is 0. The molecule has 1 N–H and O–H groups in total. The Kier molecular flexibility index (Phi) is 6.32. The molecule has 0 bridgehead atoms. The van der Waals surface area contributed by atoms with Crippen LogP contribution in [-0.2, 0) is 14.6 Å². The Morgan fingerprint density at radius 1 is 1.22 bits per heavy atom. The van der Waals surface area contributed by atoms with E-state index in [1.54, 1.807) is 19.2 Å². The molecule has 0 fully saturated rings. The van der Waals surface area contributed by atoms with Gasteiger partial charge in [-0.25, -0.2) is 8.42 Å². The minimum atomic E-state index is -3.15. The molecule has 0 spiro atoms. The second-order valence-corrected chi connectivity index (χ2v) is 6.26. The fraction of sp³-hybridized carbons (Fsp3) is 0.538. The topological polar surface area (TPSA) is 55.4 Å². The van der Waals surface area contributed by atoms with Gasteiger partial charge in [0.1, 0.15) is 0 Å². The van der Waals surface area contributed by atoms with Crippen LogP contribution in [0.1, 0.15) is 12.0 Å². The summed E-state index contributed by atoms with van der Waals surface area (Å²) in [5.74, 6) is 0.178. The summed E-state index contributed by atoms with van der Waals surface area (Å²) < 4.78 is 29.1. The van der Waals surface area contributed by atoms with Gasteiger partial charge in [0.25, 0.3) is 0 Å². The fourth-order valence-corrected chi connectivity index (χ4v) is 3.29. The van der Waals surface area contributed by atoms with Crippen LogP contribution in [0.4, 0.5) is 0 Å². The first-order valence-electron chi connectivity index (χ1n) is 6.06. The number of sulfone groups is 1. The first-order chi connectivity index (χ1) is 8.58. The molecule has 5 heteroatoms. The zero-order chi connectivity index (χ0) is 13.4. The van der Waals surface area contributed by atoms with Gasteiger partial charge in [0.15, 0.2) is 9.84 Å². The fourth-order valence-electron chi connectivity index (χ4n) is 1.70. The zero-order valence-corrected chi connectivity index (χ0v) is 11.8. The maximum atomic E-state index is 12.1. The Balaban J connectivity index is 2.44. The van der Waals surface area contributed by atoms with Crippen LogP contribution in [0.15, 0.2) is 29.2 Å². The quantitative estimate of drug-likeness (QED) is 0.726. The molecule has 1 aromatic rings. The highest BCUT2D eigenvalue weighted by molar-refractivity contribution is 7.91. The van der Waals surface area contributed by atoms with Gasteiger partial charge in [-0.3, -0.25) is 0 Å². The molecule has 1 rings (SSSR count). The largest absolute Gasteiger partial charge is 0.383 e. The van der Waals surface area contributed by atoms with E-state index in [1.807, 2.05) is 19.1 Å².